The SMILES string of the molecule is Cn1cnc2c1[C@H](C(=O)O)N(C(=O)c1ccccc1)CC2. The van der Waals surface area contributed by atoms with Gasteiger partial charge >= 0.3 is 5.97 Å². The summed E-state index contributed by atoms with van der Waals surface area (Å²) in [4.78, 5) is 29.9. The molecule has 108 valence electrons. The Kier molecular flexibility index (Phi) is 3.21. The van der Waals surface area contributed by atoms with Crippen molar-refractivity contribution in [3.8, 4) is 0 Å². The minimum absolute atomic E-state index is 0.269. The maximum atomic E-state index is 12.6. The number of nitrogens with zero attached hydrogens (tertiary/aromatic N) is 3. The summed E-state index contributed by atoms with van der Waals surface area (Å²) in [6.07, 6.45) is 2.16. The fourth-order valence-electron chi connectivity index (χ4n) is 2.75. The second-order valence-corrected chi connectivity index (χ2v) is 5.04. The van der Waals surface area contributed by atoms with E-state index in [0.29, 0.717) is 24.2 Å². The molecule has 1 N–H and O–H groups in total. The Hall–Kier alpha value is -2.63. The third-order valence-corrected chi connectivity index (χ3v) is 3.74. The van der Waals surface area contributed by atoms with Crippen LogP contribution in [0.5, 0.6) is 0 Å². The molecule has 0 saturated carbocycles. The molecule has 2 aromatic rings. The van der Waals surface area contributed by atoms with Crippen LogP contribution in [0.1, 0.15) is 27.8 Å². The van der Waals surface area contributed by atoms with Crippen molar-refractivity contribution in [3.05, 3.63) is 53.6 Å². The van der Waals surface area contributed by atoms with Crippen LogP contribution in [0.4, 0.5) is 0 Å². The minimum Gasteiger partial charge on any atom is -0.479 e. The molecule has 6 heteroatoms. The zero-order valence-corrected chi connectivity index (χ0v) is 11.6. The standard InChI is InChI=1S/C15H15N3O3/c1-17-9-16-11-7-8-18(13(12(11)17)15(20)21)14(19)10-5-3-2-4-6-10/h2-6,9,13H,7-8H2,1H3,(H,20,21)/t13-/m1/s1. The highest BCUT2D eigenvalue weighted by molar-refractivity contribution is 5.97. The van der Waals surface area contributed by atoms with Gasteiger partial charge in [0.1, 0.15) is 0 Å². The maximum Gasteiger partial charge on any atom is 0.332 e. The molecule has 0 fully saturated rings. The van der Waals surface area contributed by atoms with Gasteiger partial charge in [0.2, 0.25) is 0 Å². The van der Waals surface area contributed by atoms with Crippen LogP contribution in [0.15, 0.2) is 36.7 Å². The van der Waals surface area contributed by atoms with E-state index in [4.69, 9.17) is 0 Å². The van der Waals surface area contributed by atoms with Gasteiger partial charge in [0.25, 0.3) is 5.91 Å². The second kappa shape index (κ2) is 5.05. The minimum atomic E-state index is -1.04. The fraction of sp³-hybridized carbons (Fsp3) is 0.267. The van der Waals surface area contributed by atoms with Crippen LogP contribution in [0.3, 0.4) is 0 Å². The van der Waals surface area contributed by atoms with Crippen LogP contribution >= 0.6 is 0 Å². The molecule has 1 amide bonds. The molecule has 0 bridgehead atoms. The van der Waals surface area contributed by atoms with E-state index in [1.54, 1.807) is 42.2 Å². The van der Waals surface area contributed by atoms with Crippen molar-refractivity contribution in [2.45, 2.75) is 12.5 Å². The van der Waals surface area contributed by atoms with Crippen molar-refractivity contribution >= 4 is 11.9 Å². The third-order valence-electron chi connectivity index (χ3n) is 3.74. The predicted octanol–water partition coefficient (Wildman–Crippen LogP) is 1.24. The average Bonchev–Trinajstić information content (AvgIpc) is 2.88. The molecule has 1 atom stereocenters. The number of aryl methyl sites for hydroxylation is 1. The van der Waals surface area contributed by atoms with E-state index in [1.807, 2.05) is 6.07 Å². The van der Waals surface area contributed by atoms with E-state index in [0.717, 1.165) is 5.69 Å². The molecule has 2 heterocycles. The van der Waals surface area contributed by atoms with Crippen LogP contribution < -0.4 is 0 Å². The molecule has 3 rings (SSSR count). The summed E-state index contributed by atoms with van der Waals surface area (Å²) >= 11 is 0. The first-order valence-electron chi connectivity index (χ1n) is 6.68. The number of benzene rings is 1. The molecule has 0 radical (unpaired) electrons. The van der Waals surface area contributed by atoms with Crippen molar-refractivity contribution in [2.75, 3.05) is 6.54 Å². The topological polar surface area (TPSA) is 75.4 Å². The normalized spacial score (nSPS) is 17.4. The Labute approximate surface area is 121 Å². The lowest BCUT2D eigenvalue weighted by Crippen LogP contribution is -2.44. The van der Waals surface area contributed by atoms with Crippen molar-refractivity contribution in [3.63, 3.8) is 0 Å². The number of carboxylic acid groups (broad SMARTS) is 1. The molecule has 1 aliphatic heterocycles. The van der Waals surface area contributed by atoms with E-state index in [9.17, 15) is 14.7 Å². The number of imidazole rings is 1. The summed E-state index contributed by atoms with van der Waals surface area (Å²) in [5, 5.41) is 9.56. The Bertz CT molecular complexity index is 693. The van der Waals surface area contributed by atoms with Gasteiger partial charge in [-0.25, -0.2) is 9.78 Å². The molecular weight excluding hydrogens is 270 g/mol. The average molecular weight is 285 g/mol. The van der Waals surface area contributed by atoms with Crippen molar-refractivity contribution in [1.82, 2.24) is 14.5 Å². The lowest BCUT2D eigenvalue weighted by atomic mass is 10.0. The van der Waals surface area contributed by atoms with E-state index in [-0.39, 0.29) is 5.91 Å². The van der Waals surface area contributed by atoms with Gasteiger partial charge in [-0.05, 0) is 12.1 Å². The monoisotopic (exact) mass is 285 g/mol. The number of amides is 1. The van der Waals surface area contributed by atoms with Gasteiger partial charge < -0.3 is 14.6 Å². The summed E-state index contributed by atoms with van der Waals surface area (Å²) < 4.78 is 1.68. The van der Waals surface area contributed by atoms with Crippen LogP contribution in [-0.2, 0) is 18.3 Å². The van der Waals surface area contributed by atoms with Gasteiger partial charge in [0.05, 0.1) is 17.7 Å². The number of aromatic nitrogens is 2. The quantitative estimate of drug-likeness (QED) is 0.901. The number of hydrogen-bond acceptors (Lipinski definition) is 3. The van der Waals surface area contributed by atoms with Gasteiger partial charge in [-0.2, -0.15) is 0 Å². The van der Waals surface area contributed by atoms with Crippen LogP contribution in [-0.4, -0.2) is 38.0 Å². The number of fused-ring (bicyclic) bond motifs is 1. The molecule has 0 aliphatic carbocycles. The molecule has 0 unspecified atom stereocenters. The highest BCUT2D eigenvalue weighted by Crippen LogP contribution is 2.30. The molecule has 1 aromatic heterocycles. The maximum absolute atomic E-state index is 12.6. The second-order valence-electron chi connectivity index (χ2n) is 5.04. The summed E-state index contributed by atoms with van der Waals surface area (Å²) in [5.41, 5.74) is 1.83. The van der Waals surface area contributed by atoms with E-state index in [2.05, 4.69) is 4.98 Å². The van der Waals surface area contributed by atoms with E-state index < -0.39 is 12.0 Å². The molecule has 1 aromatic carbocycles. The van der Waals surface area contributed by atoms with Gasteiger partial charge in [-0.1, -0.05) is 18.2 Å². The van der Waals surface area contributed by atoms with Crippen LogP contribution in [0.25, 0.3) is 0 Å². The van der Waals surface area contributed by atoms with Crippen molar-refractivity contribution in [1.29, 1.82) is 0 Å². The number of rotatable bonds is 2. The molecule has 21 heavy (non-hydrogen) atoms. The summed E-state index contributed by atoms with van der Waals surface area (Å²) in [6.45, 7) is 0.356. The smallest absolute Gasteiger partial charge is 0.332 e. The highest BCUT2D eigenvalue weighted by Gasteiger charge is 2.38. The third kappa shape index (κ3) is 2.18. The Morgan fingerprint density at radius 2 is 2.00 bits per heavy atom. The number of carbonyl (C=O) groups excluding carboxylic acids is 1. The molecular formula is C15H15N3O3. The molecule has 0 spiro atoms. The fourth-order valence-corrected chi connectivity index (χ4v) is 2.75. The largest absolute Gasteiger partial charge is 0.479 e. The Balaban J connectivity index is 2.02. The summed E-state index contributed by atoms with van der Waals surface area (Å²) in [6, 6.07) is 7.75. The Morgan fingerprint density at radius 3 is 2.67 bits per heavy atom. The van der Waals surface area contributed by atoms with Crippen LogP contribution in [0, 0.1) is 0 Å². The lowest BCUT2D eigenvalue weighted by Gasteiger charge is -2.33. The first-order chi connectivity index (χ1) is 10.1. The number of carbonyl (C=O) groups is 2. The molecule has 6 nitrogen and oxygen atoms in total. The number of carboxylic acids is 1. The summed E-state index contributed by atoms with van der Waals surface area (Å²) in [5.74, 6) is -1.31. The van der Waals surface area contributed by atoms with Gasteiger partial charge in [0, 0.05) is 25.6 Å². The zero-order chi connectivity index (χ0) is 15.0. The first-order valence-corrected chi connectivity index (χ1v) is 6.68. The molecule has 0 saturated heterocycles. The van der Waals surface area contributed by atoms with Crippen molar-refractivity contribution in [2.24, 2.45) is 7.05 Å². The highest BCUT2D eigenvalue weighted by atomic mass is 16.4. The van der Waals surface area contributed by atoms with E-state index >= 15 is 0 Å². The zero-order valence-electron chi connectivity index (χ0n) is 11.6. The first kappa shape index (κ1) is 13.4. The predicted molar refractivity (Wildman–Crippen MR) is 74.8 cm³/mol. The number of aliphatic carboxylic acids is 1. The van der Waals surface area contributed by atoms with Crippen molar-refractivity contribution < 1.29 is 14.7 Å². The lowest BCUT2D eigenvalue weighted by molar-refractivity contribution is -0.143. The number of hydrogen-bond donors (Lipinski definition) is 1. The van der Waals surface area contributed by atoms with Gasteiger partial charge in [0.15, 0.2) is 6.04 Å². The Morgan fingerprint density at radius 1 is 1.29 bits per heavy atom. The van der Waals surface area contributed by atoms with Gasteiger partial charge in [-0.3, -0.25) is 4.79 Å². The molecule has 1 aliphatic rings. The van der Waals surface area contributed by atoms with Crippen LogP contribution in [0.2, 0.25) is 0 Å². The van der Waals surface area contributed by atoms with Gasteiger partial charge in [-0.15, -0.1) is 0 Å². The van der Waals surface area contributed by atoms with E-state index in [1.165, 1.54) is 4.90 Å². The summed E-state index contributed by atoms with van der Waals surface area (Å²) in [7, 11) is 1.75.